The van der Waals surface area contributed by atoms with E-state index >= 15 is 0 Å². The highest BCUT2D eigenvalue weighted by atomic mass is 31.2. The molecule has 0 amide bonds. The van der Waals surface area contributed by atoms with Gasteiger partial charge in [-0.3, -0.25) is 37.3 Å². The van der Waals surface area contributed by atoms with Crippen molar-refractivity contribution in [1.29, 1.82) is 0 Å². The third-order valence-electron chi connectivity index (χ3n) is 14.7. The molecule has 3 N–H and O–H groups in total. The van der Waals surface area contributed by atoms with Crippen molar-refractivity contribution in [1.82, 2.24) is 0 Å². The predicted molar refractivity (Wildman–Crippen MR) is 381 cm³/mol. The Kier molecular flexibility index (Phi) is 64.2. The number of aliphatic hydroxyl groups excluding tert-OH is 1. The minimum Gasteiger partial charge on any atom is -0.462 e. The van der Waals surface area contributed by atoms with Crippen LogP contribution in [0.5, 0.6) is 0 Å². The Labute approximate surface area is 569 Å². The summed E-state index contributed by atoms with van der Waals surface area (Å²) in [5.41, 5.74) is 0. The predicted octanol–water partition coefficient (Wildman–Crippen LogP) is 20.2. The maximum Gasteiger partial charge on any atom is 0.472 e. The average molecular weight is 1360 g/mol. The van der Waals surface area contributed by atoms with Crippen LogP contribution in [0.25, 0.3) is 0 Å². The lowest BCUT2D eigenvalue weighted by Gasteiger charge is -2.21. The van der Waals surface area contributed by atoms with E-state index in [0.717, 1.165) is 154 Å². The summed E-state index contributed by atoms with van der Waals surface area (Å²) in [5.74, 6) is -2.36. The van der Waals surface area contributed by atoms with Crippen molar-refractivity contribution < 1.29 is 80.2 Å². The second kappa shape index (κ2) is 67.3. The summed E-state index contributed by atoms with van der Waals surface area (Å²) < 4.78 is 68.1. The number of ether oxygens (including phenoxy) is 4. The number of phosphoric acid groups is 2. The molecule has 0 aliphatic heterocycles. The lowest BCUT2D eigenvalue weighted by Crippen LogP contribution is -2.30. The zero-order valence-corrected chi connectivity index (χ0v) is 60.4. The van der Waals surface area contributed by atoms with Gasteiger partial charge in [-0.25, -0.2) is 9.13 Å². The van der Waals surface area contributed by atoms with E-state index in [1.807, 2.05) is 18.2 Å². The van der Waals surface area contributed by atoms with Crippen LogP contribution in [0.1, 0.15) is 285 Å². The number of esters is 4. The van der Waals surface area contributed by atoms with Crippen LogP contribution in [0.2, 0.25) is 0 Å². The van der Waals surface area contributed by atoms with Crippen LogP contribution >= 0.6 is 15.6 Å². The van der Waals surface area contributed by atoms with Gasteiger partial charge in [0, 0.05) is 19.3 Å². The molecular weight excluding hydrogens is 1230 g/mol. The molecule has 0 aliphatic rings. The summed E-state index contributed by atoms with van der Waals surface area (Å²) in [7, 11) is -9.97. The Balaban J connectivity index is 5.40. The fourth-order valence-electron chi connectivity index (χ4n) is 9.19. The summed E-state index contributed by atoms with van der Waals surface area (Å²) >= 11 is 0. The van der Waals surface area contributed by atoms with Crippen molar-refractivity contribution in [2.45, 2.75) is 303 Å². The Bertz CT molecular complexity index is 2220. The van der Waals surface area contributed by atoms with Gasteiger partial charge >= 0.3 is 39.5 Å². The molecule has 5 atom stereocenters. The lowest BCUT2D eigenvalue weighted by molar-refractivity contribution is -0.161. The minimum absolute atomic E-state index is 0.0633. The summed E-state index contributed by atoms with van der Waals surface area (Å²) in [5, 5.41) is 10.6. The van der Waals surface area contributed by atoms with Gasteiger partial charge in [0.25, 0.3) is 0 Å². The van der Waals surface area contributed by atoms with Crippen LogP contribution in [-0.2, 0) is 65.4 Å². The Morgan fingerprint density at radius 2 is 0.628 bits per heavy atom. The van der Waals surface area contributed by atoms with Gasteiger partial charge < -0.3 is 33.8 Å². The van der Waals surface area contributed by atoms with Gasteiger partial charge in [0.2, 0.25) is 0 Å². The topological polar surface area (TPSA) is 237 Å². The molecule has 0 aromatic carbocycles. The van der Waals surface area contributed by atoms with Crippen LogP contribution in [0.15, 0.2) is 109 Å². The maximum absolute atomic E-state index is 13.0. The van der Waals surface area contributed by atoms with E-state index in [4.69, 9.17) is 37.0 Å². The van der Waals surface area contributed by atoms with E-state index in [1.54, 1.807) is 6.08 Å². The van der Waals surface area contributed by atoms with Crippen LogP contribution in [0, 0.1) is 0 Å². The maximum atomic E-state index is 13.0. The quantitative estimate of drug-likeness (QED) is 0.0169. The van der Waals surface area contributed by atoms with E-state index < -0.39 is 97.5 Å². The first-order valence-electron chi connectivity index (χ1n) is 36.1. The third-order valence-corrected chi connectivity index (χ3v) is 16.6. The number of hydrogen-bond donors (Lipinski definition) is 3. The normalized spacial score (nSPS) is 14.7. The Morgan fingerprint density at radius 3 is 1.03 bits per heavy atom. The van der Waals surface area contributed by atoms with Gasteiger partial charge in [0.1, 0.15) is 19.3 Å². The van der Waals surface area contributed by atoms with E-state index in [9.17, 15) is 43.2 Å². The molecule has 5 unspecified atom stereocenters. The van der Waals surface area contributed by atoms with Crippen LogP contribution in [0.3, 0.4) is 0 Å². The van der Waals surface area contributed by atoms with Crippen molar-refractivity contribution in [3.63, 3.8) is 0 Å². The largest absolute Gasteiger partial charge is 0.472 e. The number of carbonyl (C=O) groups excluding carboxylic acids is 4. The molecule has 17 nitrogen and oxygen atoms in total. The van der Waals surface area contributed by atoms with Gasteiger partial charge in [0.05, 0.1) is 32.8 Å². The van der Waals surface area contributed by atoms with Crippen LogP contribution in [-0.4, -0.2) is 96.7 Å². The molecule has 0 bridgehead atoms. The van der Waals surface area contributed by atoms with Crippen molar-refractivity contribution in [3.8, 4) is 0 Å². The van der Waals surface area contributed by atoms with E-state index in [-0.39, 0.29) is 25.7 Å². The molecule has 0 heterocycles. The average Bonchev–Trinajstić information content (AvgIpc) is 1.35. The Hall–Kier alpha value is -4.28. The molecule has 0 aromatic rings. The van der Waals surface area contributed by atoms with Crippen molar-refractivity contribution in [3.05, 3.63) is 109 Å². The van der Waals surface area contributed by atoms with Crippen LogP contribution in [0.4, 0.5) is 0 Å². The van der Waals surface area contributed by atoms with Gasteiger partial charge in [-0.2, -0.15) is 0 Å². The highest BCUT2D eigenvalue weighted by Gasteiger charge is 2.30. The Morgan fingerprint density at radius 1 is 0.319 bits per heavy atom. The fourth-order valence-corrected chi connectivity index (χ4v) is 10.8. The van der Waals surface area contributed by atoms with Crippen molar-refractivity contribution in [2.75, 3.05) is 39.6 Å². The second-order valence-corrected chi connectivity index (χ2v) is 26.7. The van der Waals surface area contributed by atoms with E-state index in [0.29, 0.717) is 25.7 Å². The standard InChI is InChI=1S/C75H128O17P2/c1-5-9-13-17-21-25-29-32-34-37-40-43-47-51-55-59-72(77)85-65-70(91-74(79)61-57-53-49-45-39-28-24-20-16-12-8-4)67-89-93(81,82)87-63-69(76)64-88-94(83,84)90-68-71(92-75(80)62-58-54-50-46-42-36-31-27-23-19-15-11-7-3)66-86-73(78)60-56-52-48-44-41-38-35-33-30-26-22-18-14-10-6-2/h9,13,15,19-21,24-25,27,31-35,40,43,51,55,69-71,76H,5-8,10-12,14,16-18,22-23,26,28-30,36-39,41-42,44-50,52-54,56-68H2,1-4H3,(H,81,82)(H,83,84)/b13-9-,19-15-,24-20-,25-21-,31-27-,34-32-,35-33-,43-40-,55-51-. The minimum atomic E-state index is -4.99. The number of hydrogen-bond acceptors (Lipinski definition) is 15. The SMILES string of the molecule is CC/C=C\C/C=C\C/C=C\C/C=C\C/C=C\CC(=O)OCC(COP(=O)(O)OCC(O)COP(=O)(O)OCC(COC(=O)CCCCCCC/C=C\CCCCCCCC)OC(=O)CCCCCCC/C=C\C/C=C\CCC)OC(=O)CCCCCCC/C=C\CCCC. The monoisotopic (exact) mass is 1360 g/mol. The number of aliphatic hydroxyl groups is 1. The molecule has 0 radical (unpaired) electrons. The smallest absolute Gasteiger partial charge is 0.462 e. The number of unbranched alkanes of at least 4 members (excludes halogenated alkanes) is 24. The van der Waals surface area contributed by atoms with Gasteiger partial charge in [-0.05, 0) is 122 Å². The summed E-state index contributed by atoms with van der Waals surface area (Å²) in [6, 6.07) is 0. The molecule has 19 heteroatoms. The molecule has 0 fully saturated rings. The zero-order valence-electron chi connectivity index (χ0n) is 58.6. The highest BCUT2D eigenvalue weighted by Crippen LogP contribution is 2.45. The van der Waals surface area contributed by atoms with E-state index in [1.165, 1.54) is 51.4 Å². The molecule has 0 rings (SSSR count). The highest BCUT2D eigenvalue weighted by molar-refractivity contribution is 7.47. The fraction of sp³-hybridized carbons (Fsp3) is 0.707. The first kappa shape index (κ1) is 89.7. The molecule has 0 aromatic heterocycles. The molecular formula is C75H128O17P2. The lowest BCUT2D eigenvalue weighted by atomic mass is 10.1. The number of phosphoric ester groups is 2. The third kappa shape index (κ3) is 66.3. The summed E-state index contributed by atoms with van der Waals surface area (Å²) in [6.45, 7) is 4.48. The van der Waals surface area contributed by atoms with Crippen molar-refractivity contribution >= 4 is 39.5 Å². The van der Waals surface area contributed by atoms with Gasteiger partial charge in [-0.15, -0.1) is 0 Å². The first-order chi connectivity index (χ1) is 45.7. The van der Waals surface area contributed by atoms with E-state index in [2.05, 4.69) is 113 Å². The summed E-state index contributed by atoms with van der Waals surface area (Å²) in [6.07, 6.45) is 69.9. The number of rotatable bonds is 67. The first-order valence-corrected chi connectivity index (χ1v) is 39.1. The van der Waals surface area contributed by atoms with Crippen molar-refractivity contribution in [2.24, 2.45) is 0 Å². The molecule has 0 saturated heterocycles. The zero-order chi connectivity index (χ0) is 69.0. The molecule has 0 spiro atoms. The summed E-state index contributed by atoms with van der Waals surface area (Å²) in [4.78, 5) is 72.5. The number of allylic oxidation sites excluding steroid dienone is 17. The molecule has 94 heavy (non-hydrogen) atoms. The molecule has 0 aliphatic carbocycles. The van der Waals surface area contributed by atoms with Gasteiger partial charge in [-0.1, -0.05) is 246 Å². The molecule has 540 valence electrons. The second-order valence-electron chi connectivity index (χ2n) is 23.8. The van der Waals surface area contributed by atoms with Gasteiger partial charge in [0.15, 0.2) is 12.2 Å². The number of carbonyl (C=O) groups is 4. The van der Waals surface area contributed by atoms with Crippen LogP contribution < -0.4 is 0 Å². The molecule has 0 saturated carbocycles.